The minimum absolute atomic E-state index is 0.119. The van der Waals surface area contributed by atoms with Crippen LogP contribution in [0.25, 0.3) is 10.9 Å². The lowest BCUT2D eigenvalue weighted by atomic mass is 10.1. The van der Waals surface area contributed by atoms with Crippen molar-refractivity contribution in [2.24, 2.45) is 0 Å². The quantitative estimate of drug-likeness (QED) is 0.857. The van der Waals surface area contributed by atoms with Crippen LogP contribution in [0, 0.1) is 0 Å². The van der Waals surface area contributed by atoms with E-state index < -0.39 is 5.97 Å². The van der Waals surface area contributed by atoms with Crippen molar-refractivity contribution in [3.63, 3.8) is 0 Å². The summed E-state index contributed by atoms with van der Waals surface area (Å²) in [6, 6.07) is 3.50. The number of benzene rings is 1. The van der Waals surface area contributed by atoms with Gasteiger partial charge in [0.1, 0.15) is 12.4 Å². The fourth-order valence-corrected chi connectivity index (χ4v) is 2.67. The van der Waals surface area contributed by atoms with E-state index in [1.807, 2.05) is 0 Å². The molecule has 0 atom stereocenters. The first-order valence-electron chi connectivity index (χ1n) is 7.51. The van der Waals surface area contributed by atoms with E-state index in [4.69, 9.17) is 14.2 Å². The van der Waals surface area contributed by atoms with Crippen LogP contribution < -0.4 is 14.8 Å². The van der Waals surface area contributed by atoms with Gasteiger partial charge >= 0.3 is 5.97 Å². The van der Waals surface area contributed by atoms with Gasteiger partial charge in [0, 0.05) is 11.5 Å². The van der Waals surface area contributed by atoms with E-state index in [9.17, 15) is 4.79 Å². The lowest BCUT2D eigenvalue weighted by molar-refractivity contribution is 0.0596. The molecule has 0 bridgehead atoms. The molecule has 2 heterocycles. The first kappa shape index (κ1) is 15.5. The van der Waals surface area contributed by atoms with Crippen LogP contribution in [0.1, 0.15) is 23.3 Å². The minimum Gasteiger partial charge on any atom is -0.493 e. The van der Waals surface area contributed by atoms with E-state index in [0.29, 0.717) is 22.4 Å². The Kier molecular flexibility index (Phi) is 4.57. The monoisotopic (exact) mass is 317 g/mol. The van der Waals surface area contributed by atoms with Gasteiger partial charge in [0.15, 0.2) is 17.2 Å². The van der Waals surface area contributed by atoms with Crippen molar-refractivity contribution < 1.29 is 19.0 Å². The molecule has 1 aromatic carbocycles. The average molecular weight is 317 g/mol. The normalized spacial score (nSPS) is 15.4. The number of nitrogens with zero attached hydrogens (tertiary/aromatic N) is 2. The SMILES string of the molecule is COC(=O)c1ncnc2cc(OC)c(OC3CCNCC3)cc12. The molecule has 0 aliphatic carbocycles. The van der Waals surface area contributed by atoms with Gasteiger partial charge in [0.25, 0.3) is 0 Å². The molecule has 1 aromatic heterocycles. The summed E-state index contributed by atoms with van der Waals surface area (Å²) in [6.45, 7) is 1.86. The Labute approximate surface area is 134 Å². The van der Waals surface area contributed by atoms with Gasteiger partial charge in [-0.2, -0.15) is 0 Å². The van der Waals surface area contributed by atoms with Crippen LogP contribution in [-0.2, 0) is 4.74 Å². The third-order valence-electron chi connectivity index (χ3n) is 3.88. The fraction of sp³-hybridized carbons (Fsp3) is 0.438. The first-order valence-corrected chi connectivity index (χ1v) is 7.51. The molecule has 0 unspecified atom stereocenters. The highest BCUT2D eigenvalue weighted by Crippen LogP contribution is 2.34. The van der Waals surface area contributed by atoms with Crippen molar-refractivity contribution >= 4 is 16.9 Å². The lowest BCUT2D eigenvalue weighted by Gasteiger charge is -2.24. The van der Waals surface area contributed by atoms with E-state index in [-0.39, 0.29) is 11.8 Å². The van der Waals surface area contributed by atoms with E-state index >= 15 is 0 Å². The van der Waals surface area contributed by atoms with E-state index in [1.54, 1.807) is 19.2 Å². The molecule has 1 N–H and O–H groups in total. The van der Waals surface area contributed by atoms with Gasteiger partial charge in [-0.1, -0.05) is 0 Å². The Bertz CT molecular complexity index is 714. The zero-order valence-corrected chi connectivity index (χ0v) is 13.2. The molecule has 2 aromatic rings. The predicted molar refractivity (Wildman–Crippen MR) is 83.9 cm³/mol. The average Bonchev–Trinajstić information content (AvgIpc) is 2.61. The summed E-state index contributed by atoms with van der Waals surface area (Å²) in [5.41, 5.74) is 0.824. The van der Waals surface area contributed by atoms with E-state index in [0.717, 1.165) is 25.9 Å². The highest BCUT2D eigenvalue weighted by molar-refractivity contribution is 6.02. The highest BCUT2D eigenvalue weighted by Gasteiger charge is 2.20. The number of carbonyl (C=O) groups excluding carboxylic acids is 1. The van der Waals surface area contributed by atoms with Crippen molar-refractivity contribution in [1.29, 1.82) is 0 Å². The first-order chi connectivity index (χ1) is 11.2. The molecule has 23 heavy (non-hydrogen) atoms. The number of carbonyl (C=O) groups is 1. The number of nitrogens with one attached hydrogen (secondary N) is 1. The zero-order chi connectivity index (χ0) is 16.2. The highest BCUT2D eigenvalue weighted by atomic mass is 16.5. The zero-order valence-electron chi connectivity index (χ0n) is 13.2. The lowest BCUT2D eigenvalue weighted by Crippen LogP contribution is -2.34. The molecular formula is C16H19N3O4. The van der Waals surface area contributed by atoms with Gasteiger partial charge in [-0.05, 0) is 32.0 Å². The predicted octanol–water partition coefficient (Wildman–Crippen LogP) is 1.56. The van der Waals surface area contributed by atoms with Gasteiger partial charge in [-0.3, -0.25) is 0 Å². The van der Waals surface area contributed by atoms with E-state index in [2.05, 4.69) is 15.3 Å². The van der Waals surface area contributed by atoms with Gasteiger partial charge < -0.3 is 19.5 Å². The van der Waals surface area contributed by atoms with Crippen LogP contribution in [0.2, 0.25) is 0 Å². The van der Waals surface area contributed by atoms with Gasteiger partial charge in [0.05, 0.1) is 19.7 Å². The Hall–Kier alpha value is -2.41. The molecule has 0 spiro atoms. The second-order valence-corrected chi connectivity index (χ2v) is 5.30. The van der Waals surface area contributed by atoms with Gasteiger partial charge in [-0.15, -0.1) is 0 Å². The van der Waals surface area contributed by atoms with Crippen LogP contribution in [0.5, 0.6) is 11.5 Å². The molecule has 0 radical (unpaired) electrons. The van der Waals surface area contributed by atoms with Crippen molar-refractivity contribution in [2.45, 2.75) is 18.9 Å². The van der Waals surface area contributed by atoms with Crippen LogP contribution >= 0.6 is 0 Å². The maximum atomic E-state index is 11.9. The number of aromatic nitrogens is 2. The summed E-state index contributed by atoms with van der Waals surface area (Å²) in [6.07, 6.45) is 3.31. The molecule has 7 heteroatoms. The number of piperidine rings is 1. The van der Waals surface area contributed by atoms with Gasteiger partial charge in [0.2, 0.25) is 0 Å². The smallest absolute Gasteiger partial charge is 0.357 e. The molecule has 0 amide bonds. The van der Waals surface area contributed by atoms with Crippen molar-refractivity contribution in [3.8, 4) is 11.5 Å². The van der Waals surface area contributed by atoms with E-state index in [1.165, 1.54) is 13.4 Å². The van der Waals surface area contributed by atoms with Crippen LogP contribution in [0.3, 0.4) is 0 Å². The third kappa shape index (κ3) is 3.19. The Morgan fingerprint density at radius 2 is 1.96 bits per heavy atom. The Balaban J connectivity index is 2.03. The molecule has 1 aliphatic heterocycles. The Morgan fingerprint density at radius 3 is 2.65 bits per heavy atom. The summed E-state index contributed by atoms with van der Waals surface area (Å²) in [4.78, 5) is 20.1. The van der Waals surface area contributed by atoms with Crippen LogP contribution in [0.4, 0.5) is 0 Å². The number of rotatable bonds is 4. The van der Waals surface area contributed by atoms with Crippen molar-refractivity contribution in [1.82, 2.24) is 15.3 Å². The molecule has 7 nitrogen and oxygen atoms in total. The van der Waals surface area contributed by atoms with Crippen LogP contribution in [0.15, 0.2) is 18.5 Å². The minimum atomic E-state index is -0.504. The number of fused-ring (bicyclic) bond motifs is 1. The molecule has 122 valence electrons. The maximum absolute atomic E-state index is 11.9. The summed E-state index contributed by atoms with van der Waals surface area (Å²) in [5, 5.41) is 3.89. The summed E-state index contributed by atoms with van der Waals surface area (Å²) < 4.78 is 16.3. The second-order valence-electron chi connectivity index (χ2n) is 5.30. The van der Waals surface area contributed by atoms with Crippen molar-refractivity contribution in [3.05, 3.63) is 24.2 Å². The van der Waals surface area contributed by atoms with Crippen LogP contribution in [-0.4, -0.2) is 49.4 Å². The molecule has 1 fully saturated rings. The number of hydrogen-bond donors (Lipinski definition) is 1. The maximum Gasteiger partial charge on any atom is 0.357 e. The molecular weight excluding hydrogens is 298 g/mol. The molecule has 0 saturated carbocycles. The topological polar surface area (TPSA) is 82.6 Å². The third-order valence-corrected chi connectivity index (χ3v) is 3.88. The summed E-state index contributed by atoms with van der Waals surface area (Å²) in [7, 11) is 2.91. The summed E-state index contributed by atoms with van der Waals surface area (Å²) >= 11 is 0. The molecule has 3 rings (SSSR count). The number of esters is 1. The number of methoxy groups -OCH3 is 2. The van der Waals surface area contributed by atoms with Crippen molar-refractivity contribution in [2.75, 3.05) is 27.3 Å². The fourth-order valence-electron chi connectivity index (χ4n) is 2.67. The molecule has 1 aliphatic rings. The second kappa shape index (κ2) is 6.78. The number of ether oxygens (including phenoxy) is 3. The molecule has 1 saturated heterocycles. The Morgan fingerprint density at radius 1 is 1.17 bits per heavy atom. The van der Waals surface area contributed by atoms with Gasteiger partial charge in [-0.25, -0.2) is 14.8 Å². The summed E-state index contributed by atoms with van der Waals surface area (Å²) in [5.74, 6) is 0.674. The largest absolute Gasteiger partial charge is 0.493 e. The number of hydrogen-bond acceptors (Lipinski definition) is 7. The standard InChI is InChI=1S/C16H19N3O4/c1-21-13-8-12-11(15(16(20)22-2)19-9-18-12)7-14(13)23-10-3-5-17-6-4-10/h7-10,17H,3-6H2,1-2H3.